The average molecular weight is 559 g/mol. The number of carbonyl (C=O) groups excluding carboxylic acids is 1. The number of alkyl halides is 3. The lowest BCUT2D eigenvalue weighted by Gasteiger charge is -2.31. The molecule has 212 valence electrons. The monoisotopic (exact) mass is 558 g/mol. The molecule has 4 heterocycles. The first-order valence-corrected chi connectivity index (χ1v) is 12.8. The highest BCUT2D eigenvalue weighted by molar-refractivity contribution is 5.85. The Balaban J connectivity index is 1.33. The number of nitrogens with zero attached hydrogens (tertiary/aromatic N) is 7. The van der Waals surface area contributed by atoms with E-state index in [1.165, 1.54) is 4.68 Å². The third kappa shape index (κ3) is 5.65. The van der Waals surface area contributed by atoms with Gasteiger partial charge >= 0.3 is 6.18 Å². The van der Waals surface area contributed by atoms with Crippen molar-refractivity contribution in [1.82, 2.24) is 24.7 Å². The highest BCUT2D eigenvalue weighted by Crippen LogP contribution is 2.41. The van der Waals surface area contributed by atoms with Gasteiger partial charge in [0.25, 0.3) is 0 Å². The van der Waals surface area contributed by atoms with Crippen LogP contribution in [0.4, 0.5) is 30.6 Å². The largest absolute Gasteiger partial charge is 0.511 e. The molecule has 14 heteroatoms. The zero-order valence-corrected chi connectivity index (χ0v) is 22.2. The van der Waals surface area contributed by atoms with Gasteiger partial charge in [0.1, 0.15) is 11.4 Å². The summed E-state index contributed by atoms with van der Waals surface area (Å²) in [6.07, 6.45) is 0.664. The smallest absolute Gasteiger partial charge is 0.435 e. The Morgan fingerprint density at radius 1 is 1.27 bits per heavy atom. The number of aryl methyl sites for hydroxylation is 1. The van der Waals surface area contributed by atoms with E-state index in [1.807, 2.05) is 0 Å². The number of aromatic nitrogens is 5. The highest BCUT2D eigenvalue weighted by Gasteiger charge is 2.38. The topological polar surface area (TPSA) is 122 Å². The molecule has 2 aliphatic rings. The molecule has 11 nitrogen and oxygen atoms in total. The minimum Gasteiger partial charge on any atom is -0.511 e. The summed E-state index contributed by atoms with van der Waals surface area (Å²) in [4.78, 5) is 28.5. The van der Waals surface area contributed by atoms with Crippen LogP contribution in [0.1, 0.15) is 56.1 Å². The maximum absolute atomic E-state index is 13.2. The molecule has 40 heavy (non-hydrogen) atoms. The van der Waals surface area contributed by atoms with Crippen LogP contribution in [0.5, 0.6) is 11.8 Å². The lowest BCUT2D eigenvalue weighted by molar-refractivity contribution is -0.141. The molecule has 2 N–H and O–H groups in total. The number of hydrogen-bond donors (Lipinski definition) is 2. The van der Waals surface area contributed by atoms with Crippen LogP contribution in [0.2, 0.25) is 0 Å². The van der Waals surface area contributed by atoms with Crippen molar-refractivity contribution in [2.24, 2.45) is 0 Å². The first kappa shape index (κ1) is 27.2. The Morgan fingerprint density at radius 3 is 2.67 bits per heavy atom. The molecule has 1 saturated carbocycles. The molecule has 5 rings (SSSR count). The van der Waals surface area contributed by atoms with Crippen LogP contribution in [-0.4, -0.2) is 49.8 Å². The lowest BCUT2D eigenvalue weighted by Crippen LogP contribution is -2.32. The van der Waals surface area contributed by atoms with Gasteiger partial charge in [0.05, 0.1) is 17.4 Å². The second-order valence-corrected chi connectivity index (χ2v) is 9.80. The van der Waals surface area contributed by atoms with Crippen LogP contribution < -0.4 is 19.9 Å². The number of aliphatic hydroxyl groups excluding tert-OH is 1. The fraction of sp³-hybridized carbons (Fsp3) is 0.423. The van der Waals surface area contributed by atoms with Crippen LogP contribution in [0.25, 0.3) is 0 Å². The number of rotatable bonds is 9. The Hall–Kier alpha value is -4.36. The van der Waals surface area contributed by atoms with E-state index in [4.69, 9.17) is 4.74 Å². The van der Waals surface area contributed by atoms with Crippen molar-refractivity contribution in [1.29, 1.82) is 0 Å². The summed E-state index contributed by atoms with van der Waals surface area (Å²) < 4.78 is 46.4. The number of aliphatic hydroxyl groups is 1. The number of ether oxygens (including phenoxy) is 1. The Morgan fingerprint density at radius 2 is 2.05 bits per heavy atom. The number of carbonyl (C=O) groups is 1. The molecule has 0 atom stereocenters. The van der Waals surface area contributed by atoms with Crippen molar-refractivity contribution in [3.63, 3.8) is 0 Å². The van der Waals surface area contributed by atoms with Gasteiger partial charge in [-0.1, -0.05) is 6.07 Å². The van der Waals surface area contributed by atoms with E-state index >= 15 is 0 Å². The highest BCUT2D eigenvalue weighted by atomic mass is 19.4. The molecule has 0 saturated heterocycles. The van der Waals surface area contributed by atoms with Crippen molar-refractivity contribution in [3.05, 3.63) is 52.8 Å². The van der Waals surface area contributed by atoms with Gasteiger partial charge in [-0.05, 0) is 45.1 Å². The first-order chi connectivity index (χ1) is 19.0. The molecule has 1 fully saturated rings. The van der Waals surface area contributed by atoms with Crippen molar-refractivity contribution < 1.29 is 27.8 Å². The maximum atomic E-state index is 13.2. The summed E-state index contributed by atoms with van der Waals surface area (Å²) in [7, 11) is 1.76. The summed E-state index contributed by atoms with van der Waals surface area (Å²) in [5.41, 5.74) is 1.66. The zero-order valence-electron chi connectivity index (χ0n) is 22.2. The van der Waals surface area contributed by atoms with Crippen molar-refractivity contribution in [2.75, 3.05) is 28.7 Å². The van der Waals surface area contributed by atoms with Crippen molar-refractivity contribution in [2.45, 2.75) is 58.3 Å². The van der Waals surface area contributed by atoms with E-state index in [2.05, 4.69) is 25.4 Å². The van der Waals surface area contributed by atoms with Crippen LogP contribution >= 0.6 is 0 Å². The van der Waals surface area contributed by atoms with Gasteiger partial charge in [0, 0.05) is 38.5 Å². The molecule has 0 radical (unpaired) electrons. The number of anilines is 3. The van der Waals surface area contributed by atoms with E-state index in [0.29, 0.717) is 48.4 Å². The first-order valence-electron chi connectivity index (χ1n) is 12.8. The number of amides is 1. The number of allylic oxidation sites excluding steroid dienone is 2. The van der Waals surface area contributed by atoms with Crippen LogP contribution in [0.3, 0.4) is 0 Å². The molecule has 0 spiro atoms. The van der Waals surface area contributed by atoms with E-state index in [-0.39, 0.29) is 23.6 Å². The second-order valence-electron chi connectivity index (χ2n) is 9.80. The quantitative estimate of drug-likeness (QED) is 0.277. The average Bonchev–Trinajstić information content (AvgIpc) is 3.69. The SMILES string of the molecule is C/C(O)=C(/C)N(C)c1nc(NCc2ccc(Oc3cc(C(F)(F)F)nn3C3CC3)nc2)nc2c1N(C=O)CCC2. The summed E-state index contributed by atoms with van der Waals surface area (Å²) in [5, 5.41) is 16.9. The fourth-order valence-electron chi connectivity index (χ4n) is 4.34. The third-order valence-corrected chi connectivity index (χ3v) is 6.85. The second kappa shape index (κ2) is 10.7. The fourth-order valence-corrected chi connectivity index (χ4v) is 4.34. The molecule has 1 aliphatic heterocycles. The molecule has 1 aliphatic carbocycles. The minimum atomic E-state index is -4.56. The summed E-state index contributed by atoms with van der Waals surface area (Å²) in [5.74, 6) is 1.09. The van der Waals surface area contributed by atoms with Crippen LogP contribution in [0.15, 0.2) is 35.9 Å². The number of hydrogen-bond acceptors (Lipinski definition) is 9. The third-order valence-electron chi connectivity index (χ3n) is 6.85. The number of pyridine rings is 1. The molecule has 0 bridgehead atoms. The van der Waals surface area contributed by atoms with Gasteiger partial charge in [0.2, 0.25) is 24.1 Å². The summed E-state index contributed by atoms with van der Waals surface area (Å²) in [6, 6.07) is 4.09. The molecular weight excluding hydrogens is 529 g/mol. The predicted molar refractivity (Wildman–Crippen MR) is 140 cm³/mol. The Kier molecular flexibility index (Phi) is 7.25. The van der Waals surface area contributed by atoms with E-state index in [1.54, 1.807) is 49.0 Å². The van der Waals surface area contributed by atoms with Crippen LogP contribution in [0, 0.1) is 0 Å². The van der Waals surface area contributed by atoms with Gasteiger partial charge in [-0.3, -0.25) is 4.79 Å². The van der Waals surface area contributed by atoms with Gasteiger partial charge in [0.15, 0.2) is 11.5 Å². The summed E-state index contributed by atoms with van der Waals surface area (Å²) >= 11 is 0. The molecule has 0 unspecified atom stereocenters. The van der Waals surface area contributed by atoms with E-state index < -0.39 is 11.9 Å². The minimum absolute atomic E-state index is 0.000800. The number of nitrogens with one attached hydrogen (secondary N) is 1. The molecule has 1 amide bonds. The number of halogens is 3. The standard InChI is InChI=1S/C26H29F3N8O3/c1-15(16(2)39)35(3)24-23-19(5-4-10-36(23)14-38)32-25(33-24)31-13-17-6-9-21(30-12-17)40-22-11-20(26(27,28)29)34-37(22)18-7-8-18/h6,9,11-12,14,18,39H,4-5,7-8,10,13H2,1-3H3,(H,31,32,33)/b16-15+. The predicted octanol–water partition coefficient (Wildman–Crippen LogP) is 4.98. The van der Waals surface area contributed by atoms with Gasteiger partial charge in [-0.15, -0.1) is 0 Å². The molecule has 3 aromatic rings. The summed E-state index contributed by atoms with van der Waals surface area (Å²) in [6.45, 7) is 4.18. The van der Waals surface area contributed by atoms with Gasteiger partial charge in [-0.25, -0.2) is 14.6 Å². The van der Waals surface area contributed by atoms with Gasteiger partial charge in [-0.2, -0.15) is 23.3 Å². The van der Waals surface area contributed by atoms with E-state index in [0.717, 1.165) is 37.3 Å². The number of fused-ring (bicyclic) bond motifs is 1. The van der Waals surface area contributed by atoms with Crippen LogP contribution in [-0.2, 0) is 23.9 Å². The van der Waals surface area contributed by atoms with E-state index in [9.17, 15) is 23.1 Å². The van der Waals surface area contributed by atoms with Crippen molar-refractivity contribution in [3.8, 4) is 11.8 Å². The lowest BCUT2D eigenvalue weighted by atomic mass is 10.1. The zero-order chi connectivity index (χ0) is 28.6. The maximum Gasteiger partial charge on any atom is 0.435 e. The molecule has 3 aromatic heterocycles. The molecule has 0 aromatic carbocycles. The molecular formula is C26H29F3N8O3. The Bertz CT molecular complexity index is 1430. The van der Waals surface area contributed by atoms with Gasteiger partial charge < -0.3 is 25.0 Å². The Labute approximate surface area is 228 Å². The van der Waals surface area contributed by atoms with Crippen molar-refractivity contribution >= 4 is 23.9 Å². The normalized spacial score (nSPS) is 15.8.